The Morgan fingerprint density at radius 1 is 1.13 bits per heavy atom. The molecule has 1 amide bonds. The van der Waals surface area contributed by atoms with Crippen LogP contribution < -0.4 is 14.4 Å². The van der Waals surface area contributed by atoms with E-state index in [0.29, 0.717) is 23.0 Å². The number of fused-ring (bicyclic) bond motifs is 1. The molecule has 0 unspecified atom stereocenters. The molecule has 0 spiro atoms. The number of aromatic nitrogens is 3. The number of aryl methyl sites for hydroxylation is 1. The number of rotatable bonds is 8. The number of nitrogens with zero attached hydrogens (tertiary/aromatic N) is 4. The first-order valence-electron chi connectivity index (χ1n) is 9.54. The number of imidazole rings is 1. The van der Waals surface area contributed by atoms with Gasteiger partial charge >= 0.3 is 0 Å². The highest BCUT2D eigenvalue weighted by atomic mass is 32.1. The quantitative estimate of drug-likeness (QED) is 0.425. The van der Waals surface area contributed by atoms with Gasteiger partial charge in [-0.3, -0.25) is 9.69 Å². The van der Waals surface area contributed by atoms with Crippen molar-refractivity contribution in [2.24, 2.45) is 0 Å². The van der Waals surface area contributed by atoms with E-state index in [1.165, 1.54) is 11.3 Å². The molecule has 0 atom stereocenters. The average Bonchev–Trinajstić information content (AvgIpc) is 3.45. The second-order valence-corrected chi connectivity index (χ2v) is 7.68. The zero-order chi connectivity index (χ0) is 20.9. The molecular formula is C22H22N4O3S. The standard InChI is InChI=1S/C22H22N4O3S/c1-28-17-6-3-5-16(13-17)21(27)26(11-4-10-25-12-9-23-15-25)22-24-19-8-7-18(29-2)14-20(19)30-22/h3,5-9,12-15H,4,10-11H2,1-2H3. The van der Waals surface area contributed by atoms with E-state index in [2.05, 4.69) is 4.98 Å². The van der Waals surface area contributed by atoms with E-state index in [-0.39, 0.29) is 5.91 Å². The number of ether oxygens (including phenoxy) is 2. The third-order valence-corrected chi connectivity index (χ3v) is 5.78. The van der Waals surface area contributed by atoms with Crippen LogP contribution in [0.5, 0.6) is 11.5 Å². The van der Waals surface area contributed by atoms with Gasteiger partial charge in [0, 0.05) is 31.0 Å². The normalized spacial score (nSPS) is 10.9. The van der Waals surface area contributed by atoms with Crippen LogP contribution in [-0.2, 0) is 6.54 Å². The van der Waals surface area contributed by atoms with Crippen molar-refractivity contribution in [1.29, 1.82) is 0 Å². The molecular weight excluding hydrogens is 400 g/mol. The van der Waals surface area contributed by atoms with E-state index in [1.54, 1.807) is 43.8 Å². The number of amides is 1. The number of thiazole rings is 1. The molecule has 7 nitrogen and oxygen atoms in total. The van der Waals surface area contributed by atoms with E-state index in [0.717, 1.165) is 28.9 Å². The van der Waals surface area contributed by atoms with Crippen molar-refractivity contribution in [3.63, 3.8) is 0 Å². The molecule has 4 rings (SSSR count). The Morgan fingerprint density at radius 3 is 2.73 bits per heavy atom. The van der Waals surface area contributed by atoms with E-state index in [9.17, 15) is 4.79 Å². The smallest absolute Gasteiger partial charge is 0.260 e. The summed E-state index contributed by atoms with van der Waals surface area (Å²) in [7, 11) is 3.23. The Hall–Kier alpha value is -3.39. The SMILES string of the molecule is COc1cccc(C(=O)N(CCCn2ccnc2)c2nc3ccc(OC)cc3s2)c1. The molecule has 0 aliphatic rings. The number of carbonyl (C=O) groups is 1. The van der Waals surface area contributed by atoms with Crippen LogP contribution >= 0.6 is 11.3 Å². The predicted octanol–water partition coefficient (Wildman–Crippen LogP) is 4.25. The number of anilines is 1. The summed E-state index contributed by atoms with van der Waals surface area (Å²) >= 11 is 1.48. The van der Waals surface area contributed by atoms with Crippen LogP contribution in [0.1, 0.15) is 16.8 Å². The Kier molecular flexibility index (Phi) is 5.94. The summed E-state index contributed by atoms with van der Waals surface area (Å²) in [5.74, 6) is 1.31. The minimum atomic E-state index is -0.106. The van der Waals surface area contributed by atoms with Gasteiger partial charge in [0.15, 0.2) is 5.13 Å². The fourth-order valence-electron chi connectivity index (χ4n) is 3.16. The van der Waals surface area contributed by atoms with Crippen molar-refractivity contribution < 1.29 is 14.3 Å². The molecule has 2 aromatic carbocycles. The molecule has 0 N–H and O–H groups in total. The first kappa shape index (κ1) is 19.9. The Balaban J connectivity index is 1.64. The van der Waals surface area contributed by atoms with Crippen LogP contribution in [0.3, 0.4) is 0 Å². The number of carbonyl (C=O) groups excluding carboxylic acids is 1. The molecule has 0 saturated carbocycles. The van der Waals surface area contributed by atoms with Crippen LogP contribution in [0.4, 0.5) is 5.13 Å². The van der Waals surface area contributed by atoms with Crippen LogP contribution in [0.15, 0.2) is 61.2 Å². The molecule has 0 aliphatic carbocycles. The minimum absolute atomic E-state index is 0.106. The summed E-state index contributed by atoms with van der Waals surface area (Å²) in [6.45, 7) is 1.30. The second kappa shape index (κ2) is 8.96. The molecule has 0 radical (unpaired) electrons. The lowest BCUT2D eigenvalue weighted by molar-refractivity contribution is 0.0986. The molecule has 0 aliphatic heterocycles. The third-order valence-electron chi connectivity index (χ3n) is 4.73. The van der Waals surface area contributed by atoms with E-state index in [1.807, 2.05) is 41.1 Å². The molecule has 2 aromatic heterocycles. The van der Waals surface area contributed by atoms with Crippen molar-refractivity contribution >= 4 is 32.6 Å². The third kappa shape index (κ3) is 4.28. The van der Waals surface area contributed by atoms with Crippen molar-refractivity contribution in [1.82, 2.24) is 14.5 Å². The highest BCUT2D eigenvalue weighted by molar-refractivity contribution is 7.22. The maximum absolute atomic E-state index is 13.4. The summed E-state index contributed by atoms with van der Waals surface area (Å²) in [4.78, 5) is 23.9. The molecule has 30 heavy (non-hydrogen) atoms. The lowest BCUT2D eigenvalue weighted by atomic mass is 10.2. The first-order valence-corrected chi connectivity index (χ1v) is 10.4. The highest BCUT2D eigenvalue weighted by Crippen LogP contribution is 2.32. The van der Waals surface area contributed by atoms with Crippen molar-refractivity contribution in [3.05, 3.63) is 66.7 Å². The minimum Gasteiger partial charge on any atom is -0.497 e. The molecule has 4 aromatic rings. The molecule has 2 heterocycles. The van der Waals surface area contributed by atoms with Gasteiger partial charge in [-0.25, -0.2) is 9.97 Å². The second-order valence-electron chi connectivity index (χ2n) is 6.67. The molecule has 0 fully saturated rings. The van der Waals surface area contributed by atoms with Crippen LogP contribution in [-0.4, -0.2) is 41.2 Å². The maximum atomic E-state index is 13.4. The van der Waals surface area contributed by atoms with Gasteiger partial charge < -0.3 is 14.0 Å². The van der Waals surface area contributed by atoms with Crippen molar-refractivity contribution in [2.75, 3.05) is 25.7 Å². The fraction of sp³-hybridized carbons (Fsp3) is 0.227. The van der Waals surface area contributed by atoms with Gasteiger partial charge in [0.05, 0.1) is 30.8 Å². The zero-order valence-electron chi connectivity index (χ0n) is 16.8. The van der Waals surface area contributed by atoms with Gasteiger partial charge in [-0.15, -0.1) is 0 Å². The van der Waals surface area contributed by atoms with E-state index < -0.39 is 0 Å². The van der Waals surface area contributed by atoms with Crippen molar-refractivity contribution in [3.8, 4) is 11.5 Å². The topological polar surface area (TPSA) is 69.5 Å². The number of benzene rings is 2. The number of hydrogen-bond donors (Lipinski definition) is 0. The summed E-state index contributed by atoms with van der Waals surface area (Å²) in [5, 5.41) is 0.664. The van der Waals surface area contributed by atoms with Crippen LogP contribution in [0.25, 0.3) is 10.2 Å². The monoisotopic (exact) mass is 422 g/mol. The van der Waals surface area contributed by atoms with E-state index >= 15 is 0 Å². The van der Waals surface area contributed by atoms with Gasteiger partial charge in [0.2, 0.25) is 0 Å². The highest BCUT2D eigenvalue weighted by Gasteiger charge is 2.21. The summed E-state index contributed by atoms with van der Waals surface area (Å²) in [6.07, 6.45) is 6.21. The van der Waals surface area contributed by atoms with Crippen molar-refractivity contribution in [2.45, 2.75) is 13.0 Å². The number of hydrogen-bond acceptors (Lipinski definition) is 6. The van der Waals surface area contributed by atoms with Gasteiger partial charge in [-0.2, -0.15) is 0 Å². The van der Waals surface area contributed by atoms with Gasteiger partial charge in [-0.1, -0.05) is 17.4 Å². The molecule has 8 heteroatoms. The largest absolute Gasteiger partial charge is 0.497 e. The lowest BCUT2D eigenvalue weighted by Gasteiger charge is -2.20. The maximum Gasteiger partial charge on any atom is 0.260 e. The van der Waals surface area contributed by atoms with Gasteiger partial charge in [-0.05, 0) is 42.8 Å². The Morgan fingerprint density at radius 2 is 1.97 bits per heavy atom. The summed E-state index contributed by atoms with van der Waals surface area (Å²) in [6, 6.07) is 12.9. The first-order chi connectivity index (χ1) is 14.7. The van der Waals surface area contributed by atoms with Crippen LogP contribution in [0, 0.1) is 0 Å². The van der Waals surface area contributed by atoms with Crippen LogP contribution in [0.2, 0.25) is 0 Å². The summed E-state index contributed by atoms with van der Waals surface area (Å²) in [5.41, 5.74) is 1.41. The lowest BCUT2D eigenvalue weighted by Crippen LogP contribution is -2.32. The van der Waals surface area contributed by atoms with Gasteiger partial charge in [0.25, 0.3) is 5.91 Å². The predicted molar refractivity (Wildman–Crippen MR) is 118 cm³/mol. The summed E-state index contributed by atoms with van der Waals surface area (Å²) < 4.78 is 13.6. The van der Waals surface area contributed by atoms with Gasteiger partial charge in [0.1, 0.15) is 11.5 Å². The molecule has 154 valence electrons. The average molecular weight is 423 g/mol. The molecule has 0 bridgehead atoms. The molecule has 0 saturated heterocycles. The Labute approximate surface area is 178 Å². The Bertz CT molecular complexity index is 1140. The fourth-order valence-corrected chi connectivity index (χ4v) is 4.18. The zero-order valence-corrected chi connectivity index (χ0v) is 17.6. The number of methoxy groups -OCH3 is 2. The van der Waals surface area contributed by atoms with E-state index in [4.69, 9.17) is 14.5 Å².